The normalized spacial score (nSPS) is 11.0. The summed E-state index contributed by atoms with van der Waals surface area (Å²) < 4.78 is 31.2. The van der Waals surface area contributed by atoms with E-state index in [1.54, 1.807) is 68.6 Å². The van der Waals surface area contributed by atoms with Crippen molar-refractivity contribution in [1.29, 1.82) is 0 Å². The van der Waals surface area contributed by atoms with Gasteiger partial charge in [0.1, 0.15) is 5.75 Å². The number of carbonyl (C=O) groups excluding carboxylic acids is 1. The Labute approximate surface area is 176 Å². The number of aryl methyl sites for hydroxylation is 1. The fourth-order valence-electron chi connectivity index (χ4n) is 3.11. The molecule has 0 spiro atoms. The minimum atomic E-state index is -3.65. The highest BCUT2D eigenvalue weighted by atomic mass is 32.2. The van der Waals surface area contributed by atoms with Gasteiger partial charge in [0.05, 0.1) is 29.1 Å². The molecule has 0 saturated heterocycles. The van der Waals surface area contributed by atoms with Crippen LogP contribution in [0.15, 0.2) is 76.5 Å². The number of nitrogens with one attached hydrogen (secondary N) is 2. The fourth-order valence-corrected chi connectivity index (χ4v) is 4.65. The lowest BCUT2D eigenvalue weighted by Crippen LogP contribution is -2.22. The highest BCUT2D eigenvalue weighted by Gasteiger charge is 2.21. The Hall–Kier alpha value is -3.32. The van der Waals surface area contributed by atoms with Crippen molar-refractivity contribution in [3.8, 4) is 5.75 Å². The largest absolute Gasteiger partial charge is 0.495 e. The molecule has 2 N–H and O–H groups in total. The quantitative estimate of drug-likeness (QED) is 0.594. The maximum atomic E-state index is 13.0. The third-order valence-corrected chi connectivity index (χ3v) is 6.61. The molecular formula is C23H24N2O4S. The molecule has 0 aliphatic rings. The maximum Gasteiger partial charge on any atom is 0.243 e. The average Bonchev–Trinajstić information content (AvgIpc) is 2.73. The third kappa shape index (κ3) is 4.63. The number of sulfone groups is 1. The summed E-state index contributed by atoms with van der Waals surface area (Å²) in [6, 6.07) is 18.8. The van der Waals surface area contributed by atoms with Crippen LogP contribution in [-0.4, -0.2) is 28.0 Å². The van der Waals surface area contributed by atoms with E-state index in [1.807, 2.05) is 19.1 Å². The van der Waals surface area contributed by atoms with Gasteiger partial charge in [0.25, 0.3) is 0 Å². The first-order valence-electron chi connectivity index (χ1n) is 9.41. The molecule has 3 aromatic carbocycles. The maximum absolute atomic E-state index is 13.0. The van der Waals surface area contributed by atoms with Crippen molar-refractivity contribution in [2.45, 2.75) is 23.6 Å². The number of anilines is 2. The van der Waals surface area contributed by atoms with Gasteiger partial charge in [0.2, 0.25) is 15.7 Å². The van der Waals surface area contributed by atoms with E-state index < -0.39 is 9.84 Å². The van der Waals surface area contributed by atoms with Crippen molar-refractivity contribution in [3.63, 3.8) is 0 Å². The standard InChI is InChI=1S/C23H24N2O4S/c1-16-12-13-21(29-3)20(14-16)25-23(26)15-24-19-10-7-11-22(17(19)2)30(27,28)18-8-5-4-6-9-18/h4-14,24H,15H2,1-3H3,(H,25,26). The molecule has 0 aromatic heterocycles. The molecule has 0 bridgehead atoms. The van der Waals surface area contributed by atoms with Gasteiger partial charge in [0.15, 0.2) is 0 Å². The third-order valence-electron chi connectivity index (χ3n) is 4.70. The number of hydrogen-bond donors (Lipinski definition) is 2. The van der Waals surface area contributed by atoms with Crippen LogP contribution in [0.25, 0.3) is 0 Å². The zero-order chi connectivity index (χ0) is 21.7. The number of rotatable bonds is 7. The van der Waals surface area contributed by atoms with E-state index >= 15 is 0 Å². The van der Waals surface area contributed by atoms with Crippen LogP contribution < -0.4 is 15.4 Å². The topological polar surface area (TPSA) is 84.5 Å². The molecule has 156 valence electrons. The van der Waals surface area contributed by atoms with Crippen molar-refractivity contribution in [2.24, 2.45) is 0 Å². The van der Waals surface area contributed by atoms with Crippen LogP contribution in [0.4, 0.5) is 11.4 Å². The zero-order valence-electron chi connectivity index (χ0n) is 17.1. The smallest absolute Gasteiger partial charge is 0.243 e. The Morgan fingerprint density at radius 1 is 0.933 bits per heavy atom. The lowest BCUT2D eigenvalue weighted by Gasteiger charge is -2.15. The summed E-state index contributed by atoms with van der Waals surface area (Å²) in [4.78, 5) is 12.9. The molecular weight excluding hydrogens is 400 g/mol. The van der Waals surface area contributed by atoms with Crippen molar-refractivity contribution < 1.29 is 17.9 Å². The molecule has 0 heterocycles. The molecule has 3 aromatic rings. The molecule has 7 heteroatoms. The predicted molar refractivity (Wildman–Crippen MR) is 118 cm³/mol. The zero-order valence-corrected chi connectivity index (χ0v) is 17.9. The van der Waals surface area contributed by atoms with Gasteiger partial charge >= 0.3 is 0 Å². The van der Waals surface area contributed by atoms with Crippen LogP contribution in [0.1, 0.15) is 11.1 Å². The van der Waals surface area contributed by atoms with Crippen LogP contribution >= 0.6 is 0 Å². The highest BCUT2D eigenvalue weighted by Crippen LogP contribution is 2.28. The van der Waals surface area contributed by atoms with E-state index in [4.69, 9.17) is 4.74 Å². The average molecular weight is 425 g/mol. The summed E-state index contributed by atoms with van der Waals surface area (Å²) in [5.74, 6) is 0.302. The molecule has 6 nitrogen and oxygen atoms in total. The first-order valence-corrected chi connectivity index (χ1v) is 10.9. The SMILES string of the molecule is COc1ccc(C)cc1NC(=O)CNc1cccc(S(=O)(=O)c2ccccc2)c1C. The Balaban J connectivity index is 1.76. The van der Waals surface area contributed by atoms with E-state index in [9.17, 15) is 13.2 Å². The lowest BCUT2D eigenvalue weighted by atomic mass is 10.2. The second-order valence-electron chi connectivity index (χ2n) is 6.85. The fraction of sp³-hybridized carbons (Fsp3) is 0.174. The highest BCUT2D eigenvalue weighted by molar-refractivity contribution is 7.91. The number of ether oxygens (including phenoxy) is 1. The van der Waals surface area contributed by atoms with E-state index in [0.717, 1.165) is 5.56 Å². The van der Waals surface area contributed by atoms with E-state index in [2.05, 4.69) is 10.6 Å². The summed E-state index contributed by atoms with van der Waals surface area (Å²) in [5, 5.41) is 5.85. The summed E-state index contributed by atoms with van der Waals surface area (Å²) >= 11 is 0. The number of carbonyl (C=O) groups is 1. The van der Waals surface area contributed by atoms with Gasteiger partial charge in [-0.2, -0.15) is 0 Å². The lowest BCUT2D eigenvalue weighted by molar-refractivity contribution is -0.114. The van der Waals surface area contributed by atoms with Crippen LogP contribution in [0.2, 0.25) is 0 Å². The number of amides is 1. The van der Waals surface area contributed by atoms with Crippen LogP contribution in [0, 0.1) is 13.8 Å². The van der Waals surface area contributed by atoms with Crippen molar-refractivity contribution in [2.75, 3.05) is 24.3 Å². The monoisotopic (exact) mass is 424 g/mol. The van der Waals surface area contributed by atoms with Gasteiger partial charge in [-0.15, -0.1) is 0 Å². The number of methoxy groups -OCH3 is 1. The first-order chi connectivity index (χ1) is 14.3. The first kappa shape index (κ1) is 21.4. The van der Waals surface area contributed by atoms with Gasteiger partial charge in [-0.25, -0.2) is 8.42 Å². The van der Waals surface area contributed by atoms with Crippen molar-refractivity contribution >= 4 is 27.1 Å². The molecule has 0 radical (unpaired) electrons. The summed E-state index contributed by atoms with van der Waals surface area (Å²) in [6.45, 7) is 3.63. The summed E-state index contributed by atoms with van der Waals surface area (Å²) in [5.41, 5.74) is 2.72. The second kappa shape index (κ2) is 9.00. The van der Waals surface area contributed by atoms with Gasteiger partial charge in [0, 0.05) is 5.69 Å². The van der Waals surface area contributed by atoms with Crippen LogP contribution in [-0.2, 0) is 14.6 Å². The van der Waals surface area contributed by atoms with E-state index in [1.165, 1.54) is 0 Å². The van der Waals surface area contributed by atoms with Gasteiger partial charge in [-0.05, 0) is 61.4 Å². The van der Waals surface area contributed by atoms with Crippen molar-refractivity contribution in [3.05, 3.63) is 77.9 Å². The molecule has 3 rings (SSSR count). The van der Waals surface area contributed by atoms with Crippen molar-refractivity contribution in [1.82, 2.24) is 0 Å². The molecule has 0 aliphatic heterocycles. The minimum absolute atomic E-state index is 0.0211. The molecule has 0 saturated carbocycles. The predicted octanol–water partition coefficient (Wildman–Crippen LogP) is 4.20. The molecule has 0 aliphatic carbocycles. The number of benzene rings is 3. The van der Waals surface area contributed by atoms with E-state index in [0.29, 0.717) is 22.7 Å². The molecule has 0 atom stereocenters. The minimum Gasteiger partial charge on any atom is -0.495 e. The Morgan fingerprint density at radius 2 is 1.67 bits per heavy atom. The Kier molecular flexibility index (Phi) is 6.42. The van der Waals surface area contributed by atoms with Gasteiger partial charge in [-0.1, -0.05) is 30.3 Å². The molecule has 30 heavy (non-hydrogen) atoms. The Bertz CT molecular complexity index is 1160. The molecule has 1 amide bonds. The summed E-state index contributed by atoms with van der Waals surface area (Å²) in [6.07, 6.45) is 0. The second-order valence-corrected chi connectivity index (χ2v) is 8.77. The summed E-state index contributed by atoms with van der Waals surface area (Å²) in [7, 11) is -2.11. The van der Waals surface area contributed by atoms with Gasteiger partial charge in [-0.3, -0.25) is 4.79 Å². The number of hydrogen-bond acceptors (Lipinski definition) is 5. The van der Waals surface area contributed by atoms with E-state index in [-0.39, 0.29) is 22.2 Å². The van der Waals surface area contributed by atoms with Crippen LogP contribution in [0.5, 0.6) is 5.75 Å². The molecule has 0 unspecified atom stereocenters. The van der Waals surface area contributed by atoms with Crippen LogP contribution in [0.3, 0.4) is 0 Å². The van der Waals surface area contributed by atoms with Gasteiger partial charge < -0.3 is 15.4 Å². The Morgan fingerprint density at radius 3 is 2.37 bits per heavy atom. The molecule has 0 fully saturated rings.